The maximum Gasteiger partial charge on any atom is 0.136 e. The first-order valence-corrected chi connectivity index (χ1v) is 7.83. The summed E-state index contributed by atoms with van der Waals surface area (Å²) >= 11 is 5.94. The molecule has 1 N–H and O–H groups in total. The van der Waals surface area contributed by atoms with E-state index in [4.69, 9.17) is 11.6 Å². The van der Waals surface area contributed by atoms with Gasteiger partial charge in [-0.3, -0.25) is 0 Å². The zero-order valence-electron chi connectivity index (χ0n) is 12.8. The Balaban J connectivity index is 2.14. The summed E-state index contributed by atoms with van der Waals surface area (Å²) in [6.07, 6.45) is 0. The average Bonchev–Trinajstić information content (AvgIpc) is 2.65. The molecule has 0 aliphatic heterocycles. The number of nitrogens with zero attached hydrogens (tertiary/aromatic N) is 2. The van der Waals surface area contributed by atoms with E-state index in [1.54, 1.807) is 12.1 Å². The molecular formula is C20H15ClN2O. The minimum atomic E-state index is 0.414. The first-order chi connectivity index (χ1) is 11.8. The highest BCUT2D eigenvalue weighted by Gasteiger charge is 2.15. The van der Waals surface area contributed by atoms with Crippen molar-refractivity contribution in [1.29, 1.82) is 0 Å². The molecule has 0 spiro atoms. The second-order valence-electron chi connectivity index (χ2n) is 5.12. The highest BCUT2D eigenvalue weighted by Crippen LogP contribution is 2.19. The van der Waals surface area contributed by atoms with Crippen molar-refractivity contribution < 1.29 is 5.21 Å². The van der Waals surface area contributed by atoms with E-state index in [-0.39, 0.29) is 0 Å². The van der Waals surface area contributed by atoms with Gasteiger partial charge in [0.25, 0.3) is 0 Å². The van der Waals surface area contributed by atoms with Gasteiger partial charge in [0.1, 0.15) is 11.4 Å². The van der Waals surface area contributed by atoms with Crippen molar-refractivity contribution in [1.82, 2.24) is 0 Å². The molecule has 0 unspecified atom stereocenters. The molecule has 0 bridgehead atoms. The van der Waals surface area contributed by atoms with Gasteiger partial charge in [-0.2, -0.15) is 0 Å². The topological polar surface area (TPSA) is 45.0 Å². The lowest BCUT2D eigenvalue weighted by Gasteiger charge is -2.10. The van der Waals surface area contributed by atoms with Crippen molar-refractivity contribution in [2.45, 2.75) is 0 Å². The Labute approximate surface area is 145 Å². The minimum absolute atomic E-state index is 0.414. The largest absolute Gasteiger partial charge is 0.410 e. The Morgan fingerprint density at radius 3 is 1.67 bits per heavy atom. The van der Waals surface area contributed by atoms with Gasteiger partial charge in [-0.1, -0.05) is 77.4 Å². The summed E-state index contributed by atoms with van der Waals surface area (Å²) in [6.45, 7) is 0. The average molecular weight is 335 g/mol. The molecule has 0 heterocycles. The fourth-order valence-electron chi connectivity index (χ4n) is 2.33. The van der Waals surface area contributed by atoms with Crippen LogP contribution >= 0.6 is 11.6 Å². The Bertz CT molecular complexity index is 857. The quantitative estimate of drug-likeness (QED) is 0.390. The molecule has 118 valence electrons. The van der Waals surface area contributed by atoms with Crippen LogP contribution in [0.2, 0.25) is 5.02 Å². The fraction of sp³-hybridized carbons (Fsp3) is 0. The summed E-state index contributed by atoms with van der Waals surface area (Å²) in [4.78, 5) is 4.68. The summed E-state index contributed by atoms with van der Waals surface area (Å²) in [5, 5.41) is 13.8. The van der Waals surface area contributed by atoms with Crippen molar-refractivity contribution in [3.8, 4) is 0 Å². The number of oxime groups is 1. The van der Waals surface area contributed by atoms with Crippen LogP contribution in [0.4, 0.5) is 5.69 Å². The van der Waals surface area contributed by atoms with Crippen LogP contribution in [0.25, 0.3) is 0 Å². The van der Waals surface area contributed by atoms with E-state index in [1.807, 2.05) is 72.8 Å². The molecule has 3 aromatic carbocycles. The van der Waals surface area contributed by atoms with Gasteiger partial charge in [0.2, 0.25) is 0 Å². The van der Waals surface area contributed by atoms with Crippen LogP contribution in [0.5, 0.6) is 0 Å². The predicted molar refractivity (Wildman–Crippen MR) is 98.9 cm³/mol. The van der Waals surface area contributed by atoms with E-state index in [1.165, 1.54) is 0 Å². The van der Waals surface area contributed by atoms with Crippen LogP contribution in [0.1, 0.15) is 11.1 Å². The van der Waals surface area contributed by atoms with Crippen molar-refractivity contribution in [3.05, 3.63) is 101 Å². The van der Waals surface area contributed by atoms with Gasteiger partial charge in [-0.05, 0) is 24.3 Å². The first kappa shape index (κ1) is 16.0. The number of hydrogen-bond donors (Lipinski definition) is 1. The monoisotopic (exact) mass is 334 g/mol. The zero-order valence-corrected chi connectivity index (χ0v) is 13.6. The maximum atomic E-state index is 9.62. The SMILES string of the molecule is O/N=C(/C(=Nc1ccc(Cl)cc1)c1ccccc1)c1ccccc1. The van der Waals surface area contributed by atoms with Gasteiger partial charge in [-0.25, -0.2) is 4.99 Å². The molecule has 24 heavy (non-hydrogen) atoms. The van der Waals surface area contributed by atoms with Crippen molar-refractivity contribution >= 4 is 28.7 Å². The lowest BCUT2D eigenvalue weighted by Crippen LogP contribution is -2.17. The van der Waals surface area contributed by atoms with Crippen LogP contribution < -0.4 is 0 Å². The molecule has 0 saturated carbocycles. The molecule has 0 fully saturated rings. The van der Waals surface area contributed by atoms with Gasteiger partial charge in [-0.15, -0.1) is 0 Å². The smallest absolute Gasteiger partial charge is 0.136 e. The third-order valence-corrected chi connectivity index (χ3v) is 3.74. The Hall–Kier alpha value is -2.91. The Morgan fingerprint density at radius 1 is 0.667 bits per heavy atom. The van der Waals surface area contributed by atoms with Crippen LogP contribution in [0, 0.1) is 0 Å². The van der Waals surface area contributed by atoms with E-state index in [9.17, 15) is 5.21 Å². The molecule has 4 heteroatoms. The summed E-state index contributed by atoms with van der Waals surface area (Å²) in [7, 11) is 0. The Morgan fingerprint density at radius 2 is 1.17 bits per heavy atom. The molecule has 0 aromatic heterocycles. The van der Waals surface area contributed by atoms with Gasteiger partial charge in [0, 0.05) is 16.1 Å². The van der Waals surface area contributed by atoms with Crippen LogP contribution in [0.15, 0.2) is 95.1 Å². The number of benzene rings is 3. The molecular weight excluding hydrogens is 320 g/mol. The van der Waals surface area contributed by atoms with Crippen molar-refractivity contribution in [2.75, 3.05) is 0 Å². The van der Waals surface area contributed by atoms with E-state index in [2.05, 4.69) is 10.1 Å². The first-order valence-electron chi connectivity index (χ1n) is 7.45. The highest BCUT2D eigenvalue weighted by molar-refractivity contribution is 6.53. The summed E-state index contributed by atoms with van der Waals surface area (Å²) in [5.41, 5.74) is 3.39. The summed E-state index contributed by atoms with van der Waals surface area (Å²) in [6, 6.07) is 26.3. The van der Waals surface area contributed by atoms with E-state index < -0.39 is 0 Å². The fourth-order valence-corrected chi connectivity index (χ4v) is 2.46. The lowest BCUT2D eigenvalue weighted by atomic mass is 9.99. The van der Waals surface area contributed by atoms with Crippen molar-refractivity contribution in [2.24, 2.45) is 10.1 Å². The molecule has 3 nitrogen and oxygen atoms in total. The van der Waals surface area contributed by atoms with E-state index in [0.717, 1.165) is 16.8 Å². The second kappa shape index (κ2) is 7.57. The number of rotatable bonds is 4. The maximum absolute atomic E-state index is 9.62. The zero-order chi connectivity index (χ0) is 16.8. The molecule has 0 atom stereocenters. The predicted octanol–water partition coefficient (Wildman–Crippen LogP) is 5.34. The third kappa shape index (κ3) is 3.70. The minimum Gasteiger partial charge on any atom is -0.410 e. The van der Waals surface area contributed by atoms with E-state index in [0.29, 0.717) is 16.4 Å². The molecule has 0 radical (unpaired) electrons. The van der Waals surface area contributed by atoms with Gasteiger partial charge in [0.15, 0.2) is 0 Å². The molecule has 0 aliphatic rings. The summed E-state index contributed by atoms with van der Waals surface area (Å²) < 4.78 is 0. The molecule has 0 amide bonds. The van der Waals surface area contributed by atoms with E-state index >= 15 is 0 Å². The normalized spacial score (nSPS) is 12.2. The lowest BCUT2D eigenvalue weighted by molar-refractivity contribution is 0.320. The standard InChI is InChI=1S/C20H15ClN2O/c21-17-11-13-18(14-12-17)22-19(15-7-3-1-4-8-15)20(23-24)16-9-5-2-6-10-16/h1-14,24H/b22-19?,23-20+. The second-order valence-corrected chi connectivity index (χ2v) is 5.55. The van der Waals surface area contributed by atoms with Gasteiger partial charge in [0.05, 0.1) is 5.69 Å². The highest BCUT2D eigenvalue weighted by atomic mass is 35.5. The summed E-state index contributed by atoms with van der Waals surface area (Å²) in [5.74, 6) is 0. The molecule has 3 rings (SSSR count). The van der Waals surface area contributed by atoms with Crippen molar-refractivity contribution in [3.63, 3.8) is 0 Å². The number of halogens is 1. The third-order valence-electron chi connectivity index (χ3n) is 3.49. The van der Waals surface area contributed by atoms with Gasteiger partial charge >= 0.3 is 0 Å². The number of aliphatic imine (C=N–C) groups is 1. The number of hydrogen-bond acceptors (Lipinski definition) is 3. The Kier molecular flexibility index (Phi) is 5.04. The molecule has 3 aromatic rings. The van der Waals surface area contributed by atoms with Crippen LogP contribution in [-0.4, -0.2) is 16.6 Å². The molecule has 0 aliphatic carbocycles. The van der Waals surface area contributed by atoms with Crippen LogP contribution in [-0.2, 0) is 0 Å². The molecule has 0 saturated heterocycles. The van der Waals surface area contributed by atoms with Crippen LogP contribution in [0.3, 0.4) is 0 Å². The van der Waals surface area contributed by atoms with Gasteiger partial charge < -0.3 is 5.21 Å².